The number of aromatic nitrogens is 2. The van der Waals surface area contributed by atoms with Crippen molar-refractivity contribution < 1.29 is 0 Å². The Morgan fingerprint density at radius 1 is 1.14 bits per heavy atom. The van der Waals surface area contributed by atoms with Crippen LogP contribution in [0.15, 0.2) is 65.8 Å². The highest BCUT2D eigenvalue weighted by Crippen LogP contribution is 2.30. The Hall–Kier alpha value is -1.91. The topological polar surface area (TPSA) is 43.8 Å². The van der Waals surface area contributed by atoms with Gasteiger partial charge in [-0.1, -0.05) is 29.8 Å². The molecule has 0 radical (unpaired) electrons. The van der Waals surface area contributed by atoms with Gasteiger partial charge in [0.15, 0.2) is 0 Å². The predicted octanol–water partition coefficient (Wildman–Crippen LogP) is 4.40. The van der Waals surface area contributed by atoms with Gasteiger partial charge in [0, 0.05) is 33.1 Å². The van der Waals surface area contributed by atoms with Crippen molar-refractivity contribution in [3.8, 4) is 5.69 Å². The number of nitrogens with two attached hydrogens (primary N) is 1. The zero-order valence-corrected chi connectivity index (χ0v) is 12.8. The number of rotatable bonds is 4. The van der Waals surface area contributed by atoms with Gasteiger partial charge in [0.1, 0.15) is 0 Å². The summed E-state index contributed by atoms with van der Waals surface area (Å²) in [6.07, 6.45) is 3.91. The SMILES string of the molecule is Nc1ccc(Cl)cc1SCc1cnn(-c2ccccc2)c1. The molecular formula is C16H14ClN3S. The van der Waals surface area contributed by atoms with E-state index in [4.69, 9.17) is 17.3 Å². The van der Waals surface area contributed by atoms with Crippen molar-refractivity contribution in [2.24, 2.45) is 0 Å². The Morgan fingerprint density at radius 2 is 1.95 bits per heavy atom. The largest absolute Gasteiger partial charge is 0.398 e. The summed E-state index contributed by atoms with van der Waals surface area (Å²) >= 11 is 7.66. The molecule has 0 aliphatic carbocycles. The minimum Gasteiger partial charge on any atom is -0.398 e. The van der Waals surface area contributed by atoms with E-state index in [1.54, 1.807) is 17.8 Å². The van der Waals surface area contributed by atoms with E-state index in [1.807, 2.05) is 59.5 Å². The first kappa shape index (κ1) is 14.0. The molecular weight excluding hydrogens is 302 g/mol. The average molecular weight is 316 g/mol. The monoisotopic (exact) mass is 315 g/mol. The lowest BCUT2D eigenvalue weighted by molar-refractivity contribution is 0.880. The summed E-state index contributed by atoms with van der Waals surface area (Å²) in [5.74, 6) is 0.803. The van der Waals surface area contributed by atoms with Crippen molar-refractivity contribution in [3.63, 3.8) is 0 Å². The zero-order chi connectivity index (χ0) is 14.7. The van der Waals surface area contributed by atoms with Gasteiger partial charge in [-0.2, -0.15) is 5.10 Å². The smallest absolute Gasteiger partial charge is 0.0645 e. The summed E-state index contributed by atoms with van der Waals surface area (Å²) in [4.78, 5) is 0.995. The summed E-state index contributed by atoms with van der Waals surface area (Å²) < 4.78 is 1.87. The Kier molecular flexibility index (Phi) is 4.18. The Bertz CT molecular complexity index is 740. The van der Waals surface area contributed by atoms with Gasteiger partial charge in [-0.15, -0.1) is 11.8 Å². The van der Waals surface area contributed by atoms with E-state index >= 15 is 0 Å². The normalized spacial score (nSPS) is 10.7. The third-order valence-electron chi connectivity index (χ3n) is 3.03. The fraction of sp³-hybridized carbons (Fsp3) is 0.0625. The molecule has 2 N–H and O–H groups in total. The van der Waals surface area contributed by atoms with Crippen LogP contribution in [0, 0.1) is 0 Å². The van der Waals surface area contributed by atoms with Crippen LogP contribution < -0.4 is 5.73 Å². The van der Waals surface area contributed by atoms with Gasteiger partial charge in [-0.25, -0.2) is 4.68 Å². The van der Waals surface area contributed by atoms with Crippen molar-refractivity contribution in [2.45, 2.75) is 10.6 Å². The number of nitrogen functional groups attached to an aromatic ring is 1. The number of halogens is 1. The first-order chi connectivity index (χ1) is 10.2. The average Bonchev–Trinajstić information content (AvgIpc) is 2.98. The van der Waals surface area contributed by atoms with E-state index in [-0.39, 0.29) is 0 Å². The summed E-state index contributed by atoms with van der Waals surface area (Å²) in [7, 11) is 0. The van der Waals surface area contributed by atoms with Crippen LogP contribution in [0.25, 0.3) is 5.69 Å². The Labute approximate surface area is 132 Å². The molecule has 3 aromatic rings. The first-order valence-electron chi connectivity index (χ1n) is 6.49. The van der Waals surface area contributed by atoms with Crippen LogP contribution >= 0.6 is 23.4 Å². The van der Waals surface area contributed by atoms with Gasteiger partial charge in [0.05, 0.1) is 11.9 Å². The molecule has 21 heavy (non-hydrogen) atoms. The van der Waals surface area contributed by atoms with E-state index in [9.17, 15) is 0 Å². The molecule has 0 aliphatic heterocycles. The van der Waals surface area contributed by atoms with Crippen LogP contribution in [0.2, 0.25) is 5.02 Å². The van der Waals surface area contributed by atoms with Crippen LogP contribution in [-0.2, 0) is 5.75 Å². The first-order valence-corrected chi connectivity index (χ1v) is 7.85. The van der Waals surface area contributed by atoms with Gasteiger partial charge in [0.25, 0.3) is 0 Å². The van der Waals surface area contributed by atoms with Gasteiger partial charge in [0.2, 0.25) is 0 Å². The molecule has 0 saturated carbocycles. The fourth-order valence-electron chi connectivity index (χ4n) is 1.95. The van der Waals surface area contributed by atoms with Crippen molar-refractivity contribution >= 4 is 29.1 Å². The molecule has 1 heterocycles. The quantitative estimate of drug-likeness (QED) is 0.573. The minimum absolute atomic E-state index is 0.701. The minimum atomic E-state index is 0.701. The number of nitrogens with zero attached hydrogens (tertiary/aromatic N) is 2. The van der Waals surface area contributed by atoms with Crippen molar-refractivity contribution in [1.29, 1.82) is 0 Å². The van der Waals surface area contributed by atoms with Crippen LogP contribution in [0.4, 0.5) is 5.69 Å². The molecule has 0 atom stereocenters. The molecule has 0 bridgehead atoms. The van der Waals surface area contributed by atoms with Crippen LogP contribution in [0.5, 0.6) is 0 Å². The molecule has 0 spiro atoms. The second-order valence-electron chi connectivity index (χ2n) is 4.60. The van der Waals surface area contributed by atoms with Gasteiger partial charge >= 0.3 is 0 Å². The van der Waals surface area contributed by atoms with Crippen LogP contribution in [0.1, 0.15) is 5.56 Å². The van der Waals surface area contributed by atoms with Gasteiger partial charge < -0.3 is 5.73 Å². The molecule has 0 fully saturated rings. The predicted molar refractivity (Wildman–Crippen MR) is 89.0 cm³/mol. The summed E-state index contributed by atoms with van der Waals surface area (Å²) in [6, 6.07) is 15.6. The van der Waals surface area contributed by atoms with Gasteiger partial charge in [-0.3, -0.25) is 0 Å². The molecule has 0 saturated heterocycles. The Balaban J connectivity index is 1.72. The van der Waals surface area contributed by atoms with Crippen molar-refractivity contribution in [3.05, 3.63) is 71.5 Å². The second kappa shape index (κ2) is 6.24. The maximum atomic E-state index is 6.00. The highest BCUT2D eigenvalue weighted by Gasteiger charge is 2.05. The lowest BCUT2D eigenvalue weighted by atomic mass is 10.3. The maximum Gasteiger partial charge on any atom is 0.0645 e. The van der Waals surface area contributed by atoms with E-state index in [1.165, 1.54) is 0 Å². The molecule has 3 rings (SSSR count). The number of thioether (sulfide) groups is 1. The molecule has 0 unspecified atom stereocenters. The zero-order valence-electron chi connectivity index (χ0n) is 11.2. The number of hydrogen-bond donors (Lipinski definition) is 1. The van der Waals surface area contributed by atoms with E-state index in [0.29, 0.717) is 5.02 Å². The Morgan fingerprint density at radius 3 is 2.76 bits per heavy atom. The molecule has 0 amide bonds. The molecule has 3 nitrogen and oxygen atoms in total. The number of benzene rings is 2. The summed E-state index contributed by atoms with van der Waals surface area (Å²) in [5, 5.41) is 5.09. The van der Waals surface area contributed by atoms with Crippen LogP contribution in [0.3, 0.4) is 0 Å². The molecule has 1 aromatic heterocycles. The standard InChI is InChI=1S/C16H14ClN3S/c17-13-6-7-15(18)16(8-13)21-11-12-9-19-20(10-12)14-4-2-1-3-5-14/h1-10H,11,18H2. The van der Waals surface area contributed by atoms with Crippen molar-refractivity contribution in [2.75, 3.05) is 5.73 Å². The lowest BCUT2D eigenvalue weighted by Crippen LogP contribution is -1.92. The van der Waals surface area contributed by atoms with Crippen molar-refractivity contribution in [1.82, 2.24) is 9.78 Å². The molecule has 0 aliphatic rings. The lowest BCUT2D eigenvalue weighted by Gasteiger charge is -2.04. The van der Waals surface area contributed by atoms with E-state index < -0.39 is 0 Å². The molecule has 5 heteroatoms. The third kappa shape index (κ3) is 3.40. The highest BCUT2D eigenvalue weighted by atomic mass is 35.5. The van der Waals surface area contributed by atoms with Crippen LogP contribution in [-0.4, -0.2) is 9.78 Å². The second-order valence-corrected chi connectivity index (χ2v) is 6.05. The number of anilines is 1. The van der Waals surface area contributed by atoms with E-state index in [0.717, 1.165) is 27.6 Å². The summed E-state index contributed by atoms with van der Waals surface area (Å²) in [6.45, 7) is 0. The fourth-order valence-corrected chi connectivity index (χ4v) is 3.10. The molecule has 2 aromatic carbocycles. The van der Waals surface area contributed by atoms with E-state index in [2.05, 4.69) is 5.10 Å². The maximum absolute atomic E-state index is 6.00. The number of para-hydroxylation sites is 1. The molecule has 106 valence electrons. The van der Waals surface area contributed by atoms with Gasteiger partial charge in [-0.05, 0) is 30.3 Å². The third-order valence-corrected chi connectivity index (χ3v) is 4.40. The highest BCUT2D eigenvalue weighted by molar-refractivity contribution is 7.98. The number of hydrogen-bond acceptors (Lipinski definition) is 3. The summed E-state index contributed by atoms with van der Waals surface area (Å²) in [5.41, 5.74) is 8.89.